The summed E-state index contributed by atoms with van der Waals surface area (Å²) in [7, 11) is 0. The van der Waals surface area contributed by atoms with E-state index in [1.54, 1.807) is 0 Å². The largest absolute Gasteiger partial charge is 0.370 e. The van der Waals surface area contributed by atoms with Gasteiger partial charge in [0.1, 0.15) is 0 Å². The molecule has 4 heterocycles. The molecule has 0 aromatic rings. The summed E-state index contributed by atoms with van der Waals surface area (Å²) in [6.07, 6.45) is -0.437. The molecule has 2 fully saturated rings. The van der Waals surface area contributed by atoms with E-state index in [1.807, 2.05) is 0 Å². The third-order valence-corrected chi connectivity index (χ3v) is 7.35. The van der Waals surface area contributed by atoms with Crippen LogP contribution in [0.3, 0.4) is 0 Å². The minimum atomic E-state index is -1.40. The Bertz CT molecular complexity index is 1470. The zero-order valence-corrected chi connectivity index (χ0v) is 25.3. The summed E-state index contributed by atoms with van der Waals surface area (Å²) >= 11 is 0. The fraction of sp³-hybridized carbons (Fsp3) is 0.464. The topological polar surface area (TPSA) is 246 Å². The molecule has 1 unspecified atom stereocenters. The number of aliphatic hydroxyl groups excluding tert-OH is 1. The van der Waals surface area contributed by atoms with Gasteiger partial charge in [-0.05, 0) is 0 Å². The second kappa shape index (κ2) is 15.2. The van der Waals surface area contributed by atoms with Crippen LogP contribution in [0.1, 0.15) is 51.4 Å². The quantitative estimate of drug-likeness (QED) is 0.142. The summed E-state index contributed by atoms with van der Waals surface area (Å²) in [6.45, 7) is -2.17. The molecule has 2 saturated heterocycles. The lowest BCUT2D eigenvalue weighted by molar-refractivity contribution is -0.221. The number of hydrogen-bond acceptors (Lipinski definition) is 14. The third-order valence-electron chi connectivity index (χ3n) is 7.35. The SMILES string of the molecule is O=C(CCN(C(=O)CCN1C(=O)C=CC1=O)N(CCC(=O)ON1C(=O)CCC1O)C(=O)CCN1C(=O)C=CC1=O)ON1C(=O)CCC1=O. The van der Waals surface area contributed by atoms with Gasteiger partial charge in [0.2, 0.25) is 11.8 Å². The number of imide groups is 3. The van der Waals surface area contributed by atoms with Gasteiger partial charge in [0, 0.05) is 75.9 Å². The second-order valence-electron chi connectivity index (χ2n) is 10.6. The van der Waals surface area contributed by atoms with E-state index in [1.165, 1.54) is 0 Å². The Labute approximate surface area is 270 Å². The van der Waals surface area contributed by atoms with Gasteiger partial charge in [-0.3, -0.25) is 63.0 Å². The Balaban J connectivity index is 1.52. The fourth-order valence-corrected chi connectivity index (χ4v) is 4.85. The maximum absolute atomic E-state index is 13.6. The molecule has 0 radical (unpaired) electrons. The first-order valence-electron chi connectivity index (χ1n) is 14.7. The molecule has 256 valence electrons. The first-order chi connectivity index (χ1) is 22.8. The number of nitrogens with zero attached hydrogens (tertiary/aromatic N) is 6. The molecule has 0 aliphatic carbocycles. The van der Waals surface area contributed by atoms with Crippen molar-refractivity contribution in [3.05, 3.63) is 24.3 Å². The van der Waals surface area contributed by atoms with E-state index in [0.29, 0.717) is 10.1 Å². The average molecular weight is 675 g/mol. The Morgan fingerprint density at radius 2 is 1.04 bits per heavy atom. The van der Waals surface area contributed by atoms with Crippen LogP contribution in [-0.2, 0) is 62.4 Å². The van der Waals surface area contributed by atoms with Gasteiger partial charge in [0.15, 0.2) is 6.23 Å². The van der Waals surface area contributed by atoms with Crippen LogP contribution < -0.4 is 0 Å². The number of rotatable bonds is 14. The monoisotopic (exact) mass is 674 g/mol. The van der Waals surface area contributed by atoms with Crippen molar-refractivity contribution in [1.29, 1.82) is 0 Å². The van der Waals surface area contributed by atoms with E-state index in [9.17, 15) is 57.8 Å². The molecule has 20 heteroatoms. The van der Waals surface area contributed by atoms with Crippen LogP contribution in [0, 0.1) is 0 Å². The lowest BCUT2D eigenvalue weighted by Crippen LogP contribution is -2.53. The Morgan fingerprint density at radius 1 is 0.625 bits per heavy atom. The molecule has 0 bridgehead atoms. The highest BCUT2D eigenvalue weighted by molar-refractivity contribution is 6.13. The van der Waals surface area contributed by atoms with E-state index in [4.69, 9.17) is 9.68 Å². The van der Waals surface area contributed by atoms with Crippen molar-refractivity contribution < 1.29 is 67.5 Å². The summed E-state index contributed by atoms with van der Waals surface area (Å²) in [5.41, 5.74) is 0. The van der Waals surface area contributed by atoms with Crippen LogP contribution in [0.2, 0.25) is 0 Å². The van der Waals surface area contributed by atoms with Crippen molar-refractivity contribution in [3.8, 4) is 0 Å². The predicted molar refractivity (Wildman–Crippen MR) is 149 cm³/mol. The maximum Gasteiger partial charge on any atom is 0.335 e. The van der Waals surface area contributed by atoms with E-state index >= 15 is 0 Å². The summed E-state index contributed by atoms with van der Waals surface area (Å²) in [5, 5.41) is 12.1. The number of amides is 9. The molecule has 9 amide bonds. The highest BCUT2D eigenvalue weighted by Gasteiger charge is 2.36. The number of carbonyl (C=O) groups is 11. The lowest BCUT2D eigenvalue weighted by Gasteiger charge is -2.35. The molecule has 1 atom stereocenters. The second-order valence-corrected chi connectivity index (χ2v) is 10.6. The van der Waals surface area contributed by atoms with Crippen LogP contribution in [0.15, 0.2) is 24.3 Å². The fourth-order valence-electron chi connectivity index (χ4n) is 4.85. The minimum Gasteiger partial charge on any atom is -0.370 e. The van der Waals surface area contributed by atoms with Crippen molar-refractivity contribution in [2.24, 2.45) is 0 Å². The molecular weight excluding hydrogens is 644 g/mol. The molecule has 0 aromatic heterocycles. The van der Waals surface area contributed by atoms with Crippen molar-refractivity contribution in [1.82, 2.24) is 29.9 Å². The number of aliphatic hydroxyl groups is 1. The lowest BCUT2D eigenvalue weighted by atomic mass is 10.3. The maximum atomic E-state index is 13.6. The molecule has 48 heavy (non-hydrogen) atoms. The minimum absolute atomic E-state index is 0.00403. The van der Waals surface area contributed by atoms with E-state index in [0.717, 1.165) is 39.1 Å². The highest BCUT2D eigenvalue weighted by atomic mass is 16.7. The predicted octanol–water partition coefficient (Wildman–Crippen LogP) is -3.02. The summed E-state index contributed by atoms with van der Waals surface area (Å²) in [5.74, 6) is -9.16. The molecule has 20 nitrogen and oxygen atoms in total. The van der Waals surface area contributed by atoms with Gasteiger partial charge in [-0.15, -0.1) is 10.1 Å². The molecule has 4 aliphatic heterocycles. The molecule has 0 spiro atoms. The number of hydroxylamine groups is 4. The standard InChI is InChI=1S/C28H30N6O14/c35-17-1-2-18(36)29(17)13-9-21(39)31(15-11-27(45)47-33-23(41)5-6-24(33)42)32(22(40)10-14-30-19(37)3-4-20(30)38)16-12-28(46)48-34-25(43)7-8-26(34)44/h1-4,23,41H,5-16H2. The van der Waals surface area contributed by atoms with Gasteiger partial charge in [-0.2, -0.15) is 0 Å². The van der Waals surface area contributed by atoms with Crippen LogP contribution in [0.25, 0.3) is 0 Å². The summed E-state index contributed by atoms with van der Waals surface area (Å²) in [4.78, 5) is 147. The van der Waals surface area contributed by atoms with Crippen LogP contribution in [0.4, 0.5) is 0 Å². The van der Waals surface area contributed by atoms with Crippen molar-refractivity contribution in [2.45, 2.75) is 57.6 Å². The number of hydrogen-bond donors (Lipinski definition) is 1. The summed E-state index contributed by atoms with van der Waals surface area (Å²) < 4.78 is 0. The number of carbonyl (C=O) groups excluding carboxylic acids is 11. The van der Waals surface area contributed by atoms with E-state index in [-0.39, 0.29) is 30.7 Å². The molecular formula is C28H30N6O14. The van der Waals surface area contributed by atoms with E-state index < -0.39 is 123 Å². The van der Waals surface area contributed by atoms with Crippen molar-refractivity contribution >= 4 is 65.1 Å². The molecule has 4 rings (SSSR count). The molecule has 0 aromatic carbocycles. The van der Waals surface area contributed by atoms with Crippen molar-refractivity contribution in [3.63, 3.8) is 0 Å². The third kappa shape index (κ3) is 8.32. The first kappa shape index (κ1) is 35.1. The smallest absolute Gasteiger partial charge is 0.335 e. The molecule has 1 N–H and O–H groups in total. The molecule has 0 saturated carbocycles. The van der Waals surface area contributed by atoms with Gasteiger partial charge in [-0.25, -0.2) is 9.59 Å². The Morgan fingerprint density at radius 3 is 1.44 bits per heavy atom. The van der Waals surface area contributed by atoms with Gasteiger partial charge < -0.3 is 14.8 Å². The van der Waals surface area contributed by atoms with Gasteiger partial charge in [0.25, 0.3) is 41.4 Å². The van der Waals surface area contributed by atoms with Crippen molar-refractivity contribution in [2.75, 3.05) is 26.2 Å². The van der Waals surface area contributed by atoms with Crippen LogP contribution in [0.5, 0.6) is 0 Å². The highest BCUT2D eigenvalue weighted by Crippen LogP contribution is 2.18. The van der Waals surface area contributed by atoms with E-state index in [2.05, 4.69) is 0 Å². The number of hydrazine groups is 1. The first-order valence-corrected chi connectivity index (χ1v) is 14.7. The normalized spacial score (nSPS) is 18.9. The van der Waals surface area contributed by atoms with Gasteiger partial charge >= 0.3 is 11.9 Å². The Kier molecular flexibility index (Phi) is 11.1. The zero-order chi connectivity index (χ0) is 35.1. The molecule has 4 aliphatic rings. The summed E-state index contributed by atoms with van der Waals surface area (Å²) in [6, 6.07) is 0. The van der Waals surface area contributed by atoms with Gasteiger partial charge in [0.05, 0.1) is 25.9 Å². The van der Waals surface area contributed by atoms with Crippen LogP contribution >= 0.6 is 0 Å². The van der Waals surface area contributed by atoms with Gasteiger partial charge in [-0.1, -0.05) is 0 Å². The zero-order valence-electron chi connectivity index (χ0n) is 25.3. The van der Waals surface area contributed by atoms with Crippen LogP contribution in [-0.4, -0.2) is 133 Å². The average Bonchev–Trinajstić information content (AvgIpc) is 3.75. The Hall–Kier alpha value is -5.79.